The van der Waals surface area contributed by atoms with E-state index in [1.807, 2.05) is 0 Å². The Kier molecular flexibility index (Phi) is 11.8. The Morgan fingerprint density at radius 3 is 1.53 bits per heavy atom. The third-order valence-corrected chi connectivity index (χ3v) is 7.19. The van der Waals surface area contributed by atoms with Gasteiger partial charge in [-0.3, -0.25) is 14.8 Å². The summed E-state index contributed by atoms with van der Waals surface area (Å²) in [5.41, 5.74) is 4.96. The Bertz CT molecular complexity index is 966. The molecule has 2 unspecified atom stereocenters. The fourth-order valence-corrected chi connectivity index (χ4v) is 4.93. The molecule has 2 aromatic carbocycles. The number of hydrogen-bond acceptors (Lipinski definition) is 5. The highest BCUT2D eigenvalue weighted by molar-refractivity contribution is 5.17. The second-order valence-electron chi connectivity index (χ2n) is 11.0. The van der Waals surface area contributed by atoms with Gasteiger partial charge in [-0.05, 0) is 61.0 Å². The summed E-state index contributed by atoms with van der Waals surface area (Å²) in [4.78, 5) is 10.2. The molecule has 1 aliphatic rings. The minimum Gasteiger partial charge on any atom is -0.379 e. The average molecular weight is 516 g/mol. The Labute approximate surface area is 229 Å². The molecule has 38 heavy (non-hydrogen) atoms. The van der Waals surface area contributed by atoms with Gasteiger partial charge in [-0.25, -0.2) is 0 Å². The van der Waals surface area contributed by atoms with E-state index in [0.29, 0.717) is 25.0 Å². The van der Waals surface area contributed by atoms with Gasteiger partial charge in [0.15, 0.2) is 0 Å². The van der Waals surface area contributed by atoms with E-state index in [4.69, 9.17) is 14.5 Å². The largest absolute Gasteiger partial charge is 0.379 e. The molecule has 2 atom stereocenters. The monoisotopic (exact) mass is 515 g/mol. The zero-order valence-corrected chi connectivity index (χ0v) is 23.3. The van der Waals surface area contributed by atoms with Crippen molar-refractivity contribution in [2.24, 2.45) is 11.8 Å². The molecule has 1 aromatic heterocycles. The van der Waals surface area contributed by atoms with Crippen molar-refractivity contribution >= 4 is 0 Å². The summed E-state index contributed by atoms with van der Waals surface area (Å²) >= 11 is 0. The molecule has 0 saturated heterocycles. The summed E-state index contributed by atoms with van der Waals surface area (Å²) < 4.78 is 11.9. The molecule has 2 heterocycles. The highest BCUT2D eigenvalue weighted by atomic mass is 16.5. The Hall–Kier alpha value is -2.57. The minimum absolute atomic E-state index is 0.500. The Morgan fingerprint density at radius 2 is 1.08 bits per heavy atom. The molecule has 0 spiro atoms. The average Bonchev–Trinajstić information content (AvgIpc) is 2.93. The topological polar surface area (TPSA) is 37.8 Å². The molecule has 0 saturated carbocycles. The number of nitrogens with zero attached hydrogens (tertiary/aromatic N) is 3. The molecular formula is C33H45N3O2. The molecule has 5 nitrogen and oxygen atoms in total. The summed E-state index contributed by atoms with van der Waals surface area (Å²) in [5.74, 6) is 1.00. The number of aromatic nitrogens is 1. The quantitative estimate of drug-likeness (QED) is 0.415. The second kappa shape index (κ2) is 15.7. The predicted octanol–water partition coefficient (Wildman–Crippen LogP) is 6.19. The van der Waals surface area contributed by atoms with Crippen LogP contribution in [0.15, 0.2) is 78.9 Å². The molecule has 4 rings (SSSR count). The third kappa shape index (κ3) is 10.3. The van der Waals surface area contributed by atoms with Crippen LogP contribution in [-0.2, 0) is 35.7 Å². The molecule has 0 N–H and O–H groups in total. The van der Waals surface area contributed by atoms with Crippen LogP contribution in [0.25, 0.3) is 0 Å². The lowest BCUT2D eigenvalue weighted by atomic mass is 10.1. The van der Waals surface area contributed by atoms with Crippen LogP contribution < -0.4 is 0 Å². The maximum Gasteiger partial charge on any atom is 0.0700 e. The van der Waals surface area contributed by atoms with E-state index in [-0.39, 0.29) is 0 Å². The molecule has 0 fully saturated rings. The lowest BCUT2D eigenvalue weighted by Gasteiger charge is -2.25. The van der Waals surface area contributed by atoms with Gasteiger partial charge in [0.25, 0.3) is 0 Å². The molecule has 1 aliphatic heterocycles. The van der Waals surface area contributed by atoms with Crippen molar-refractivity contribution in [3.05, 3.63) is 101 Å². The number of fused-ring (bicyclic) bond motifs is 2. The highest BCUT2D eigenvalue weighted by Crippen LogP contribution is 2.16. The van der Waals surface area contributed by atoms with Crippen LogP contribution in [0.2, 0.25) is 0 Å². The van der Waals surface area contributed by atoms with Crippen LogP contribution in [0.4, 0.5) is 0 Å². The minimum atomic E-state index is 0.500. The van der Waals surface area contributed by atoms with Crippen molar-refractivity contribution in [3.8, 4) is 0 Å². The van der Waals surface area contributed by atoms with E-state index in [2.05, 4.69) is 103 Å². The predicted molar refractivity (Wildman–Crippen MR) is 155 cm³/mol. The van der Waals surface area contributed by atoms with E-state index in [1.165, 1.54) is 11.1 Å². The van der Waals surface area contributed by atoms with Gasteiger partial charge in [0, 0.05) is 39.4 Å². The maximum atomic E-state index is 5.95. The van der Waals surface area contributed by atoms with Gasteiger partial charge in [-0.15, -0.1) is 0 Å². The lowest BCUT2D eigenvalue weighted by molar-refractivity contribution is 0.0214. The van der Waals surface area contributed by atoms with E-state index in [0.717, 1.165) is 76.7 Å². The molecule has 3 aromatic rings. The fraction of sp³-hybridized carbons (Fsp3) is 0.485. The van der Waals surface area contributed by atoms with Crippen molar-refractivity contribution in [1.29, 1.82) is 0 Å². The van der Waals surface area contributed by atoms with E-state index in [1.54, 1.807) is 0 Å². The van der Waals surface area contributed by atoms with Crippen molar-refractivity contribution < 1.29 is 9.47 Å². The number of benzene rings is 2. The van der Waals surface area contributed by atoms with Crippen LogP contribution in [0, 0.1) is 11.8 Å². The summed E-state index contributed by atoms with van der Waals surface area (Å²) in [5, 5.41) is 0. The Balaban J connectivity index is 1.51. The summed E-state index contributed by atoms with van der Waals surface area (Å²) in [6, 6.07) is 28.1. The van der Waals surface area contributed by atoms with Crippen molar-refractivity contribution in [3.63, 3.8) is 0 Å². The van der Waals surface area contributed by atoms with Crippen LogP contribution in [0.3, 0.4) is 0 Å². The highest BCUT2D eigenvalue weighted by Gasteiger charge is 2.14. The molecule has 0 aliphatic carbocycles. The van der Waals surface area contributed by atoms with Gasteiger partial charge in [-0.1, -0.05) is 80.6 Å². The summed E-state index contributed by atoms with van der Waals surface area (Å²) in [6.45, 7) is 13.0. The first kappa shape index (κ1) is 28.4. The van der Waals surface area contributed by atoms with E-state index >= 15 is 0 Å². The lowest BCUT2D eigenvalue weighted by Crippen LogP contribution is -2.28. The van der Waals surface area contributed by atoms with Gasteiger partial charge < -0.3 is 9.47 Å². The maximum absolute atomic E-state index is 5.95. The second-order valence-corrected chi connectivity index (χ2v) is 11.0. The smallest absolute Gasteiger partial charge is 0.0700 e. The number of rotatable bonds is 4. The SMILES string of the molecule is CC1CCN(Cc2ccccc2)Cc2cccc(n2)CN(Cc2ccccc2)CCC(C)COCCOC1. The molecule has 0 amide bonds. The summed E-state index contributed by atoms with van der Waals surface area (Å²) in [6.07, 6.45) is 2.19. The first-order valence-electron chi connectivity index (χ1n) is 14.3. The Morgan fingerprint density at radius 1 is 0.632 bits per heavy atom. The van der Waals surface area contributed by atoms with Crippen molar-refractivity contribution in [2.75, 3.05) is 39.5 Å². The summed E-state index contributed by atoms with van der Waals surface area (Å²) in [7, 11) is 0. The first-order valence-corrected chi connectivity index (χ1v) is 14.3. The normalized spacial score (nSPS) is 21.7. The van der Waals surface area contributed by atoms with E-state index < -0.39 is 0 Å². The van der Waals surface area contributed by atoms with Crippen LogP contribution >= 0.6 is 0 Å². The fourth-order valence-electron chi connectivity index (χ4n) is 4.93. The van der Waals surface area contributed by atoms with Gasteiger partial charge in [-0.2, -0.15) is 0 Å². The van der Waals surface area contributed by atoms with Gasteiger partial charge >= 0.3 is 0 Å². The zero-order valence-electron chi connectivity index (χ0n) is 23.3. The molecule has 2 bridgehead atoms. The van der Waals surface area contributed by atoms with Crippen molar-refractivity contribution in [2.45, 2.75) is 52.9 Å². The molecule has 5 heteroatoms. The van der Waals surface area contributed by atoms with Crippen molar-refractivity contribution in [1.82, 2.24) is 14.8 Å². The zero-order chi connectivity index (χ0) is 26.4. The molecular weight excluding hydrogens is 470 g/mol. The van der Waals surface area contributed by atoms with Crippen LogP contribution in [0.1, 0.15) is 49.2 Å². The van der Waals surface area contributed by atoms with Crippen LogP contribution in [0.5, 0.6) is 0 Å². The van der Waals surface area contributed by atoms with Gasteiger partial charge in [0.05, 0.1) is 24.6 Å². The molecule has 0 radical (unpaired) electrons. The van der Waals surface area contributed by atoms with E-state index in [9.17, 15) is 0 Å². The molecule has 204 valence electrons. The van der Waals surface area contributed by atoms with Crippen LogP contribution in [-0.4, -0.2) is 54.3 Å². The van der Waals surface area contributed by atoms with Gasteiger partial charge in [0.2, 0.25) is 0 Å². The number of hydrogen-bond donors (Lipinski definition) is 0. The first-order chi connectivity index (χ1) is 18.6. The third-order valence-electron chi connectivity index (χ3n) is 7.19. The number of ether oxygens (including phenoxy) is 2. The number of pyridine rings is 1. The van der Waals surface area contributed by atoms with Gasteiger partial charge in [0.1, 0.15) is 0 Å². The standard InChI is InChI=1S/C33H45N3O2/c1-28-16-18-35(22-30-10-5-3-6-11-30)24-32-14-9-15-33(34-32)25-36(23-31-12-7-4-8-13-31)19-17-29(2)27-38-21-20-37-26-28/h3-15,28-29H,16-27H2,1-2H3.